The lowest BCUT2D eigenvalue weighted by atomic mass is 10.0. The molecule has 74 valence electrons. The first-order chi connectivity index (χ1) is 6.50. The molecule has 0 spiro atoms. The molecule has 0 aliphatic rings. The van der Waals surface area contributed by atoms with E-state index in [4.69, 9.17) is 11.5 Å². The zero-order chi connectivity index (χ0) is 10.7. The Morgan fingerprint density at radius 3 is 2.21 bits per heavy atom. The van der Waals surface area contributed by atoms with Gasteiger partial charge in [0.15, 0.2) is 0 Å². The Balaban J connectivity index is 3.07. The van der Waals surface area contributed by atoms with Gasteiger partial charge in [0.05, 0.1) is 0 Å². The third kappa shape index (κ3) is 2.36. The van der Waals surface area contributed by atoms with Gasteiger partial charge in [0, 0.05) is 11.8 Å². The van der Waals surface area contributed by atoms with Crippen molar-refractivity contribution in [3.8, 4) is 0 Å². The van der Waals surface area contributed by atoms with Gasteiger partial charge in [-0.15, -0.1) is 0 Å². The van der Waals surface area contributed by atoms with Crippen LogP contribution < -0.4 is 11.5 Å². The van der Waals surface area contributed by atoms with Crippen molar-refractivity contribution >= 4 is 17.7 Å². The van der Waals surface area contributed by atoms with Gasteiger partial charge in [-0.2, -0.15) is 0 Å². The van der Waals surface area contributed by atoms with Crippen LogP contribution in [0.3, 0.4) is 0 Å². The van der Waals surface area contributed by atoms with E-state index in [0.29, 0.717) is 0 Å². The van der Waals surface area contributed by atoms with Crippen molar-refractivity contribution in [2.45, 2.75) is 13.8 Å². The van der Waals surface area contributed by atoms with Gasteiger partial charge >= 0.3 is 0 Å². The Kier molecular flexibility index (Phi) is 2.92. The summed E-state index contributed by atoms with van der Waals surface area (Å²) in [5, 5.41) is 0. The van der Waals surface area contributed by atoms with Crippen LogP contribution in [0.5, 0.6) is 0 Å². The van der Waals surface area contributed by atoms with E-state index >= 15 is 0 Å². The summed E-state index contributed by atoms with van der Waals surface area (Å²) in [4.78, 5) is 10.5. The van der Waals surface area contributed by atoms with E-state index < -0.39 is 5.91 Å². The van der Waals surface area contributed by atoms with Crippen molar-refractivity contribution in [3.05, 3.63) is 34.9 Å². The Hall–Kier alpha value is -1.77. The summed E-state index contributed by atoms with van der Waals surface area (Å²) in [5.74, 6) is -0.447. The molecule has 0 saturated carbocycles. The lowest BCUT2D eigenvalue weighted by Crippen LogP contribution is -2.05. The van der Waals surface area contributed by atoms with E-state index in [1.165, 1.54) is 6.08 Å². The minimum Gasteiger partial charge on any atom is -0.398 e. The molecule has 0 heterocycles. The maximum Gasteiger partial charge on any atom is 0.241 e. The van der Waals surface area contributed by atoms with Gasteiger partial charge in [0.25, 0.3) is 0 Å². The molecule has 0 fully saturated rings. The first-order valence-corrected chi connectivity index (χ1v) is 4.35. The highest BCUT2D eigenvalue weighted by Crippen LogP contribution is 2.19. The van der Waals surface area contributed by atoms with E-state index in [2.05, 4.69) is 0 Å². The molecule has 0 saturated heterocycles. The number of rotatable bonds is 2. The number of carbonyl (C=O) groups is 1. The molecule has 0 unspecified atom stereocenters. The summed E-state index contributed by atoms with van der Waals surface area (Å²) in [6.45, 7) is 3.87. The molecule has 3 heteroatoms. The number of amides is 1. The quantitative estimate of drug-likeness (QED) is 0.546. The fraction of sp³-hybridized carbons (Fsp3) is 0.182. The van der Waals surface area contributed by atoms with Crippen LogP contribution >= 0.6 is 0 Å². The first-order valence-electron chi connectivity index (χ1n) is 4.35. The van der Waals surface area contributed by atoms with Gasteiger partial charge in [0.2, 0.25) is 5.91 Å². The molecular formula is C11H14N2O. The number of hydrogen-bond acceptors (Lipinski definition) is 2. The van der Waals surface area contributed by atoms with E-state index in [1.807, 2.05) is 26.0 Å². The predicted octanol–water partition coefficient (Wildman–Crippen LogP) is 1.38. The van der Waals surface area contributed by atoms with Gasteiger partial charge in [0.1, 0.15) is 0 Å². The monoisotopic (exact) mass is 190 g/mol. The average molecular weight is 190 g/mol. The van der Waals surface area contributed by atoms with E-state index in [-0.39, 0.29) is 0 Å². The molecule has 4 N–H and O–H groups in total. The summed E-state index contributed by atoms with van der Waals surface area (Å²) >= 11 is 0. The lowest BCUT2D eigenvalue weighted by molar-refractivity contribution is -0.113. The van der Waals surface area contributed by atoms with Crippen LogP contribution in [0.25, 0.3) is 6.08 Å². The van der Waals surface area contributed by atoms with Crippen LogP contribution in [0, 0.1) is 13.8 Å². The molecular weight excluding hydrogens is 176 g/mol. The van der Waals surface area contributed by atoms with Crippen molar-refractivity contribution in [3.63, 3.8) is 0 Å². The zero-order valence-electron chi connectivity index (χ0n) is 8.37. The normalized spacial score (nSPS) is 10.7. The second-order valence-electron chi connectivity index (χ2n) is 3.30. The highest BCUT2D eigenvalue weighted by molar-refractivity contribution is 5.90. The molecule has 0 radical (unpaired) electrons. The SMILES string of the molecule is Cc1cc(/C=C/C(N)=O)cc(C)c1N. The Morgan fingerprint density at radius 1 is 1.29 bits per heavy atom. The Bertz CT molecular complexity index is 371. The van der Waals surface area contributed by atoms with Crippen molar-refractivity contribution in [1.82, 2.24) is 0 Å². The maximum absolute atomic E-state index is 10.5. The van der Waals surface area contributed by atoms with Gasteiger partial charge < -0.3 is 11.5 Å². The molecule has 1 aromatic carbocycles. The second-order valence-corrected chi connectivity index (χ2v) is 3.30. The van der Waals surface area contributed by atoms with E-state index in [9.17, 15) is 4.79 Å². The number of nitrogens with two attached hydrogens (primary N) is 2. The highest BCUT2D eigenvalue weighted by Gasteiger charge is 1.99. The van der Waals surface area contributed by atoms with Crippen LogP contribution in [0.4, 0.5) is 5.69 Å². The van der Waals surface area contributed by atoms with Gasteiger partial charge in [-0.05, 0) is 48.7 Å². The number of benzene rings is 1. The van der Waals surface area contributed by atoms with Crippen molar-refractivity contribution in [1.29, 1.82) is 0 Å². The third-order valence-electron chi connectivity index (χ3n) is 2.06. The van der Waals surface area contributed by atoms with Crippen LogP contribution in [0.2, 0.25) is 0 Å². The minimum atomic E-state index is -0.447. The number of hydrogen-bond donors (Lipinski definition) is 2. The summed E-state index contributed by atoms with van der Waals surface area (Å²) in [5.41, 5.74) is 14.5. The van der Waals surface area contributed by atoms with Crippen LogP contribution in [-0.4, -0.2) is 5.91 Å². The standard InChI is InChI=1S/C11H14N2O/c1-7-5-9(3-4-10(12)14)6-8(2)11(7)13/h3-6H,13H2,1-2H3,(H2,12,14)/b4-3+. The van der Waals surface area contributed by atoms with Gasteiger partial charge in [-0.1, -0.05) is 0 Å². The summed E-state index contributed by atoms with van der Waals surface area (Å²) in [6.07, 6.45) is 3.02. The molecule has 0 aliphatic heterocycles. The second kappa shape index (κ2) is 3.96. The van der Waals surface area contributed by atoms with Crippen molar-refractivity contribution in [2.75, 3.05) is 5.73 Å². The molecule has 0 aliphatic carbocycles. The summed E-state index contributed by atoms with van der Waals surface area (Å²) in [7, 11) is 0. The zero-order valence-corrected chi connectivity index (χ0v) is 8.37. The maximum atomic E-state index is 10.5. The fourth-order valence-corrected chi connectivity index (χ4v) is 1.28. The van der Waals surface area contributed by atoms with Gasteiger partial charge in [-0.3, -0.25) is 4.79 Å². The summed E-state index contributed by atoms with van der Waals surface area (Å²) < 4.78 is 0. The average Bonchev–Trinajstić information content (AvgIpc) is 2.10. The molecule has 3 nitrogen and oxygen atoms in total. The number of primary amides is 1. The molecule has 1 rings (SSSR count). The highest BCUT2D eigenvalue weighted by atomic mass is 16.1. The number of carbonyl (C=O) groups excluding carboxylic acids is 1. The topological polar surface area (TPSA) is 69.1 Å². The molecule has 1 aromatic rings. The van der Waals surface area contributed by atoms with Crippen LogP contribution in [0.15, 0.2) is 18.2 Å². The molecule has 0 bridgehead atoms. The number of nitrogen functional groups attached to an aromatic ring is 1. The van der Waals surface area contributed by atoms with Crippen molar-refractivity contribution < 1.29 is 4.79 Å². The molecule has 0 atom stereocenters. The number of aryl methyl sites for hydroxylation is 2. The molecule has 14 heavy (non-hydrogen) atoms. The molecule has 0 aromatic heterocycles. The van der Waals surface area contributed by atoms with E-state index in [1.54, 1.807) is 6.08 Å². The largest absolute Gasteiger partial charge is 0.398 e. The van der Waals surface area contributed by atoms with Crippen LogP contribution in [-0.2, 0) is 4.79 Å². The van der Waals surface area contributed by atoms with Crippen LogP contribution in [0.1, 0.15) is 16.7 Å². The molecule has 1 amide bonds. The minimum absolute atomic E-state index is 0.447. The van der Waals surface area contributed by atoms with Crippen molar-refractivity contribution in [2.24, 2.45) is 5.73 Å². The predicted molar refractivity (Wildman–Crippen MR) is 58.6 cm³/mol. The van der Waals surface area contributed by atoms with E-state index in [0.717, 1.165) is 22.4 Å². The fourth-order valence-electron chi connectivity index (χ4n) is 1.28. The first kappa shape index (κ1) is 10.3. The smallest absolute Gasteiger partial charge is 0.241 e. The third-order valence-corrected chi connectivity index (χ3v) is 2.06. The Morgan fingerprint density at radius 2 is 1.79 bits per heavy atom. The Labute approximate surface area is 83.4 Å². The summed E-state index contributed by atoms with van der Waals surface area (Å²) in [6, 6.07) is 3.84. The van der Waals surface area contributed by atoms with Gasteiger partial charge in [-0.25, -0.2) is 0 Å². The lowest BCUT2D eigenvalue weighted by Gasteiger charge is -2.05. The number of anilines is 1.